The molecule has 2 aromatic rings. The average Bonchev–Trinajstić information content (AvgIpc) is 2.92. The quantitative estimate of drug-likeness (QED) is 0.656. The molecule has 0 amide bonds. The lowest BCUT2D eigenvalue weighted by Crippen LogP contribution is -2.42. The van der Waals surface area contributed by atoms with Crippen LogP contribution in [0.4, 0.5) is 0 Å². The van der Waals surface area contributed by atoms with Crippen LogP contribution in [0.25, 0.3) is 10.9 Å². The van der Waals surface area contributed by atoms with Crippen molar-refractivity contribution >= 4 is 16.9 Å². The zero-order valence-corrected chi connectivity index (χ0v) is 13.8. The van der Waals surface area contributed by atoms with Crippen LogP contribution in [0.5, 0.6) is 0 Å². The van der Waals surface area contributed by atoms with Crippen molar-refractivity contribution in [3.8, 4) is 0 Å². The Hall–Kier alpha value is -2.11. The third-order valence-electron chi connectivity index (χ3n) is 5.39. The molecular formula is C19H22N2O3. The molecule has 1 fully saturated rings. The van der Waals surface area contributed by atoms with Gasteiger partial charge in [-0.1, -0.05) is 29.8 Å². The predicted molar refractivity (Wildman–Crippen MR) is 91.6 cm³/mol. The third-order valence-corrected chi connectivity index (χ3v) is 5.39. The number of fused-ring (bicyclic) bond motifs is 3. The van der Waals surface area contributed by atoms with Gasteiger partial charge < -0.3 is 14.8 Å². The second-order valence-corrected chi connectivity index (χ2v) is 6.63. The number of piperidine rings is 1. The van der Waals surface area contributed by atoms with Gasteiger partial charge in [0.1, 0.15) is 5.92 Å². The van der Waals surface area contributed by atoms with Gasteiger partial charge in [0.2, 0.25) is 0 Å². The molecule has 2 unspecified atom stereocenters. The van der Waals surface area contributed by atoms with Crippen molar-refractivity contribution in [3.05, 3.63) is 47.2 Å². The van der Waals surface area contributed by atoms with Crippen LogP contribution in [0.2, 0.25) is 0 Å². The maximum atomic E-state index is 12.7. The molecule has 1 aromatic heterocycles. The molecule has 2 N–H and O–H groups in total. The number of H-pyrrole nitrogens is 1. The zero-order valence-electron chi connectivity index (χ0n) is 13.8. The van der Waals surface area contributed by atoms with Crippen LogP contribution in [0.3, 0.4) is 0 Å². The Morgan fingerprint density at radius 2 is 2.25 bits per heavy atom. The highest BCUT2D eigenvalue weighted by atomic mass is 16.5. The van der Waals surface area contributed by atoms with Crippen molar-refractivity contribution < 1.29 is 14.6 Å². The van der Waals surface area contributed by atoms with Crippen LogP contribution < -0.4 is 0 Å². The van der Waals surface area contributed by atoms with E-state index in [1.165, 1.54) is 18.1 Å². The molecule has 24 heavy (non-hydrogen) atoms. The molecule has 5 rings (SSSR count). The van der Waals surface area contributed by atoms with Crippen LogP contribution in [-0.4, -0.2) is 47.8 Å². The average molecular weight is 326 g/mol. The van der Waals surface area contributed by atoms with Crippen molar-refractivity contribution in [3.63, 3.8) is 0 Å². The van der Waals surface area contributed by atoms with Crippen molar-refractivity contribution in [2.75, 3.05) is 26.8 Å². The molecule has 2 bridgehead atoms. The Bertz CT molecular complexity index is 808. The van der Waals surface area contributed by atoms with Gasteiger partial charge in [0, 0.05) is 35.6 Å². The van der Waals surface area contributed by atoms with Crippen LogP contribution in [0, 0.1) is 5.92 Å². The van der Waals surface area contributed by atoms with Gasteiger partial charge in [-0.05, 0) is 24.6 Å². The summed E-state index contributed by atoms with van der Waals surface area (Å²) in [5.41, 5.74) is 4.38. The van der Waals surface area contributed by atoms with E-state index in [1.54, 1.807) is 0 Å². The van der Waals surface area contributed by atoms with E-state index in [1.807, 2.05) is 18.2 Å². The highest BCUT2D eigenvalue weighted by Crippen LogP contribution is 2.43. The van der Waals surface area contributed by atoms with E-state index in [4.69, 9.17) is 4.74 Å². The number of para-hydroxylation sites is 1. The molecular weight excluding hydrogens is 304 g/mol. The number of methoxy groups -OCH3 is 1. The molecule has 126 valence electrons. The second-order valence-electron chi connectivity index (χ2n) is 6.63. The van der Waals surface area contributed by atoms with Crippen LogP contribution in [0.1, 0.15) is 23.6 Å². The van der Waals surface area contributed by atoms with Crippen molar-refractivity contribution in [2.24, 2.45) is 5.92 Å². The Labute approximate surface area is 140 Å². The number of carbonyl (C=O) groups is 1. The summed E-state index contributed by atoms with van der Waals surface area (Å²) in [5.74, 6) is -0.461. The fraction of sp³-hybridized carbons (Fsp3) is 0.421. The number of aromatic amines is 1. The number of ether oxygens (including phenoxy) is 1. The van der Waals surface area contributed by atoms with E-state index >= 15 is 0 Å². The summed E-state index contributed by atoms with van der Waals surface area (Å²) in [7, 11) is 1.45. The first-order valence-corrected chi connectivity index (χ1v) is 8.42. The number of benzene rings is 1. The van der Waals surface area contributed by atoms with E-state index in [0.717, 1.165) is 42.8 Å². The van der Waals surface area contributed by atoms with Crippen LogP contribution in [-0.2, 0) is 16.1 Å². The highest BCUT2D eigenvalue weighted by molar-refractivity contribution is 5.88. The third kappa shape index (κ3) is 2.36. The van der Waals surface area contributed by atoms with Crippen molar-refractivity contribution in [2.45, 2.75) is 18.9 Å². The van der Waals surface area contributed by atoms with Gasteiger partial charge >= 0.3 is 5.97 Å². The molecule has 0 spiro atoms. The van der Waals surface area contributed by atoms with E-state index in [0.29, 0.717) is 0 Å². The number of carbonyl (C=O) groups excluding carboxylic acids is 1. The molecule has 3 aliphatic heterocycles. The summed E-state index contributed by atoms with van der Waals surface area (Å²) in [4.78, 5) is 18.5. The molecule has 5 heteroatoms. The summed E-state index contributed by atoms with van der Waals surface area (Å²) < 4.78 is 5.15. The molecule has 4 heterocycles. The van der Waals surface area contributed by atoms with Gasteiger partial charge in [0.25, 0.3) is 0 Å². The number of nitrogens with zero attached hydrogens (tertiary/aromatic N) is 1. The van der Waals surface area contributed by atoms with Crippen molar-refractivity contribution in [1.82, 2.24) is 9.88 Å². The smallest absolute Gasteiger partial charge is 0.315 e. The first-order valence-electron chi connectivity index (χ1n) is 8.42. The Morgan fingerprint density at radius 3 is 3.04 bits per heavy atom. The summed E-state index contributed by atoms with van der Waals surface area (Å²) in [6.45, 7) is 2.58. The number of nitrogens with one attached hydrogen (secondary N) is 1. The van der Waals surface area contributed by atoms with E-state index in [9.17, 15) is 9.90 Å². The Morgan fingerprint density at radius 1 is 1.42 bits per heavy atom. The SMILES string of the molecule is COC(=O)[C@H]1c2[nH]c3ccccc3c2CN2CCC1/C(=C\CO)C2. The van der Waals surface area contributed by atoms with E-state index in [2.05, 4.69) is 22.0 Å². The number of aliphatic hydroxyl groups excluding tert-OH is 1. The van der Waals surface area contributed by atoms with Crippen LogP contribution in [0.15, 0.2) is 35.9 Å². The minimum atomic E-state index is -0.336. The maximum Gasteiger partial charge on any atom is 0.315 e. The second kappa shape index (κ2) is 6.07. The molecule has 0 radical (unpaired) electrons. The summed E-state index contributed by atoms with van der Waals surface area (Å²) in [6.07, 6.45) is 2.76. The highest BCUT2D eigenvalue weighted by Gasteiger charge is 2.41. The van der Waals surface area contributed by atoms with Gasteiger partial charge in [-0.3, -0.25) is 9.69 Å². The monoisotopic (exact) mass is 326 g/mol. The molecule has 3 atom stereocenters. The van der Waals surface area contributed by atoms with Gasteiger partial charge in [0.15, 0.2) is 0 Å². The van der Waals surface area contributed by atoms with Gasteiger partial charge in [0.05, 0.1) is 13.7 Å². The number of rotatable bonds is 2. The minimum Gasteiger partial charge on any atom is -0.468 e. The zero-order chi connectivity index (χ0) is 16.7. The fourth-order valence-electron chi connectivity index (χ4n) is 4.30. The van der Waals surface area contributed by atoms with Gasteiger partial charge in [-0.15, -0.1) is 0 Å². The van der Waals surface area contributed by atoms with E-state index in [-0.39, 0.29) is 24.4 Å². The largest absolute Gasteiger partial charge is 0.468 e. The molecule has 5 nitrogen and oxygen atoms in total. The molecule has 0 aliphatic carbocycles. The van der Waals surface area contributed by atoms with Crippen LogP contribution >= 0.6 is 0 Å². The lowest BCUT2D eigenvalue weighted by atomic mass is 9.76. The summed E-state index contributed by atoms with van der Waals surface area (Å²) in [5, 5.41) is 10.6. The number of hydrogen-bond donors (Lipinski definition) is 2. The molecule has 3 aliphatic rings. The van der Waals surface area contributed by atoms with Gasteiger partial charge in [-0.2, -0.15) is 0 Å². The normalized spacial score (nSPS) is 27.8. The van der Waals surface area contributed by atoms with E-state index < -0.39 is 0 Å². The number of aromatic nitrogens is 1. The first kappa shape index (κ1) is 15.4. The lowest BCUT2D eigenvalue weighted by molar-refractivity contribution is -0.144. The van der Waals surface area contributed by atoms with Gasteiger partial charge in [-0.25, -0.2) is 0 Å². The minimum absolute atomic E-state index is 0.00707. The molecule has 0 saturated carbocycles. The van der Waals surface area contributed by atoms with Crippen molar-refractivity contribution in [1.29, 1.82) is 0 Å². The Balaban J connectivity index is 1.93. The summed E-state index contributed by atoms with van der Waals surface area (Å²) in [6, 6.07) is 8.20. The first-order chi connectivity index (χ1) is 11.7. The lowest BCUT2D eigenvalue weighted by Gasteiger charge is -2.40. The predicted octanol–water partition coefficient (Wildman–Crippen LogP) is 2.18. The Kier molecular flexibility index (Phi) is 3.90. The number of esters is 1. The number of hydrogen-bond acceptors (Lipinski definition) is 4. The fourth-order valence-corrected chi connectivity index (χ4v) is 4.30. The summed E-state index contributed by atoms with van der Waals surface area (Å²) >= 11 is 0. The standard InChI is InChI=1S/C19H22N2O3/c1-24-19(23)17-13-6-8-21(10-12(13)7-9-22)11-15-14-4-2-3-5-16(14)20-18(15)17/h2-5,7,13,17,20,22H,6,8-11H2,1H3/b12-7-/t13?,17-/m1/s1. The topological polar surface area (TPSA) is 65.6 Å². The molecule has 1 aromatic carbocycles. The maximum absolute atomic E-state index is 12.7. The number of aliphatic hydroxyl groups is 1. The molecule has 1 saturated heterocycles.